The van der Waals surface area contributed by atoms with E-state index in [4.69, 9.17) is 5.73 Å². The lowest BCUT2D eigenvalue weighted by Gasteiger charge is -2.29. The average molecular weight is 149 g/mol. The molecular weight excluding hydrogens is 134 g/mol. The Morgan fingerprint density at radius 1 is 1.18 bits per heavy atom. The molecule has 2 unspecified atom stereocenters. The number of hydrogen-bond acceptors (Lipinski definition) is 1. The number of fused-ring (bicyclic) bond motifs is 1. The van der Waals surface area contributed by atoms with E-state index in [-0.39, 0.29) is 0 Å². The van der Waals surface area contributed by atoms with Crippen LogP contribution in [0.4, 0.5) is 0 Å². The third-order valence-electron chi connectivity index (χ3n) is 2.82. The van der Waals surface area contributed by atoms with Crippen LogP contribution in [0.5, 0.6) is 0 Å². The van der Waals surface area contributed by atoms with E-state index < -0.39 is 0 Å². The van der Waals surface area contributed by atoms with Crippen molar-refractivity contribution in [2.24, 2.45) is 17.6 Å². The SMILES string of the molecule is NC1=CC2CCCCC2C=C1. The summed E-state index contributed by atoms with van der Waals surface area (Å²) < 4.78 is 0. The summed E-state index contributed by atoms with van der Waals surface area (Å²) in [5.41, 5.74) is 6.68. The molecule has 0 amide bonds. The molecule has 0 aromatic carbocycles. The van der Waals surface area contributed by atoms with Gasteiger partial charge in [0.1, 0.15) is 0 Å². The fourth-order valence-electron chi connectivity index (χ4n) is 2.17. The summed E-state index contributed by atoms with van der Waals surface area (Å²) in [5.74, 6) is 1.56. The Bertz CT molecular complexity index is 203. The van der Waals surface area contributed by atoms with Gasteiger partial charge in [0.25, 0.3) is 0 Å². The molecule has 1 fully saturated rings. The number of hydrogen-bond donors (Lipinski definition) is 1. The van der Waals surface area contributed by atoms with Gasteiger partial charge >= 0.3 is 0 Å². The van der Waals surface area contributed by atoms with E-state index in [2.05, 4.69) is 18.2 Å². The van der Waals surface area contributed by atoms with E-state index in [0.717, 1.165) is 17.5 Å². The molecule has 0 bridgehead atoms. The molecule has 2 N–H and O–H groups in total. The van der Waals surface area contributed by atoms with Gasteiger partial charge in [-0.3, -0.25) is 0 Å². The van der Waals surface area contributed by atoms with Crippen molar-refractivity contribution in [2.75, 3.05) is 0 Å². The molecule has 2 atom stereocenters. The summed E-state index contributed by atoms with van der Waals surface area (Å²) in [5, 5.41) is 0. The normalized spacial score (nSPS) is 36.2. The second-order valence-electron chi connectivity index (χ2n) is 3.64. The molecule has 2 rings (SSSR count). The lowest BCUT2D eigenvalue weighted by atomic mass is 9.77. The zero-order chi connectivity index (χ0) is 7.68. The smallest absolute Gasteiger partial charge is 0.0273 e. The minimum atomic E-state index is 0.758. The monoisotopic (exact) mass is 149 g/mol. The lowest BCUT2D eigenvalue weighted by molar-refractivity contribution is 0.333. The zero-order valence-electron chi connectivity index (χ0n) is 6.79. The van der Waals surface area contributed by atoms with E-state index in [1.807, 2.05) is 0 Å². The summed E-state index contributed by atoms with van der Waals surface area (Å²) >= 11 is 0. The van der Waals surface area contributed by atoms with Gasteiger partial charge in [-0.05, 0) is 30.8 Å². The minimum Gasteiger partial charge on any atom is -0.399 e. The fraction of sp³-hybridized carbons (Fsp3) is 0.600. The summed E-state index contributed by atoms with van der Waals surface area (Å²) in [6.07, 6.45) is 12.1. The lowest BCUT2D eigenvalue weighted by Crippen LogP contribution is -2.19. The van der Waals surface area contributed by atoms with Gasteiger partial charge in [0.05, 0.1) is 0 Å². The quantitative estimate of drug-likeness (QED) is 0.561. The first kappa shape index (κ1) is 6.96. The Labute approximate surface area is 68.0 Å². The van der Waals surface area contributed by atoms with E-state index in [1.54, 1.807) is 0 Å². The number of rotatable bonds is 0. The summed E-state index contributed by atoms with van der Waals surface area (Å²) in [6.45, 7) is 0. The number of allylic oxidation sites excluding steroid dienone is 3. The van der Waals surface area contributed by atoms with E-state index in [1.165, 1.54) is 25.7 Å². The van der Waals surface area contributed by atoms with Gasteiger partial charge in [0.2, 0.25) is 0 Å². The van der Waals surface area contributed by atoms with Gasteiger partial charge in [-0.2, -0.15) is 0 Å². The molecule has 0 aromatic rings. The first-order valence-corrected chi connectivity index (χ1v) is 4.52. The highest BCUT2D eigenvalue weighted by Gasteiger charge is 2.22. The fourth-order valence-corrected chi connectivity index (χ4v) is 2.17. The first-order chi connectivity index (χ1) is 5.36. The molecule has 2 aliphatic rings. The van der Waals surface area contributed by atoms with Gasteiger partial charge < -0.3 is 5.73 Å². The van der Waals surface area contributed by atoms with Crippen LogP contribution in [0.2, 0.25) is 0 Å². The van der Waals surface area contributed by atoms with Crippen molar-refractivity contribution >= 4 is 0 Å². The number of nitrogens with two attached hydrogens (primary N) is 1. The maximum Gasteiger partial charge on any atom is 0.0273 e. The average Bonchev–Trinajstić information content (AvgIpc) is 2.04. The van der Waals surface area contributed by atoms with Crippen LogP contribution in [-0.2, 0) is 0 Å². The summed E-state index contributed by atoms with van der Waals surface area (Å²) in [6, 6.07) is 0. The molecule has 0 radical (unpaired) electrons. The van der Waals surface area contributed by atoms with Gasteiger partial charge in [-0.25, -0.2) is 0 Å². The molecule has 1 nitrogen and oxygen atoms in total. The van der Waals surface area contributed by atoms with Crippen molar-refractivity contribution in [3.05, 3.63) is 23.9 Å². The van der Waals surface area contributed by atoms with Crippen LogP contribution in [0.3, 0.4) is 0 Å². The Balaban J connectivity index is 2.13. The van der Waals surface area contributed by atoms with Crippen molar-refractivity contribution in [3.8, 4) is 0 Å². The summed E-state index contributed by atoms with van der Waals surface area (Å²) in [4.78, 5) is 0. The maximum atomic E-state index is 5.72. The van der Waals surface area contributed by atoms with E-state index >= 15 is 0 Å². The van der Waals surface area contributed by atoms with Crippen molar-refractivity contribution in [1.29, 1.82) is 0 Å². The highest BCUT2D eigenvalue weighted by atomic mass is 14.6. The first-order valence-electron chi connectivity index (χ1n) is 4.52. The molecule has 1 heteroatoms. The van der Waals surface area contributed by atoms with Crippen molar-refractivity contribution in [2.45, 2.75) is 25.7 Å². The van der Waals surface area contributed by atoms with Crippen LogP contribution < -0.4 is 5.73 Å². The molecule has 0 saturated heterocycles. The van der Waals surface area contributed by atoms with E-state index in [9.17, 15) is 0 Å². The topological polar surface area (TPSA) is 26.0 Å². The standard InChI is InChI=1S/C10H15N/c11-10-6-5-8-3-1-2-4-9(8)7-10/h5-9H,1-4,11H2. The molecular formula is C10H15N. The highest BCUT2D eigenvalue weighted by molar-refractivity contribution is 5.23. The maximum absolute atomic E-state index is 5.72. The Morgan fingerprint density at radius 2 is 1.91 bits per heavy atom. The largest absolute Gasteiger partial charge is 0.399 e. The molecule has 0 spiro atoms. The molecule has 0 aromatic heterocycles. The van der Waals surface area contributed by atoms with Crippen LogP contribution >= 0.6 is 0 Å². The molecule has 0 aliphatic heterocycles. The minimum absolute atomic E-state index is 0.758. The van der Waals surface area contributed by atoms with Gasteiger partial charge in [0.15, 0.2) is 0 Å². The van der Waals surface area contributed by atoms with Crippen molar-refractivity contribution in [1.82, 2.24) is 0 Å². The molecule has 2 aliphatic carbocycles. The Kier molecular flexibility index (Phi) is 1.72. The Morgan fingerprint density at radius 3 is 2.73 bits per heavy atom. The zero-order valence-corrected chi connectivity index (χ0v) is 6.79. The predicted molar refractivity (Wildman–Crippen MR) is 46.9 cm³/mol. The van der Waals surface area contributed by atoms with E-state index in [0.29, 0.717) is 0 Å². The molecule has 11 heavy (non-hydrogen) atoms. The summed E-state index contributed by atoms with van der Waals surface area (Å²) in [7, 11) is 0. The third-order valence-corrected chi connectivity index (χ3v) is 2.82. The predicted octanol–water partition coefficient (Wildman–Crippen LogP) is 2.21. The highest BCUT2D eigenvalue weighted by Crippen LogP contribution is 2.34. The van der Waals surface area contributed by atoms with Gasteiger partial charge in [-0.1, -0.05) is 25.0 Å². The third kappa shape index (κ3) is 1.32. The van der Waals surface area contributed by atoms with Gasteiger partial charge in [-0.15, -0.1) is 0 Å². The van der Waals surface area contributed by atoms with Crippen molar-refractivity contribution in [3.63, 3.8) is 0 Å². The van der Waals surface area contributed by atoms with Crippen LogP contribution in [0.25, 0.3) is 0 Å². The Hall–Kier alpha value is -0.720. The van der Waals surface area contributed by atoms with Crippen molar-refractivity contribution < 1.29 is 0 Å². The molecule has 60 valence electrons. The van der Waals surface area contributed by atoms with Crippen LogP contribution in [0.1, 0.15) is 25.7 Å². The molecule has 0 heterocycles. The van der Waals surface area contributed by atoms with Crippen LogP contribution in [0.15, 0.2) is 23.9 Å². The van der Waals surface area contributed by atoms with Crippen LogP contribution in [0, 0.1) is 11.8 Å². The second-order valence-corrected chi connectivity index (χ2v) is 3.64. The second kappa shape index (κ2) is 2.72. The van der Waals surface area contributed by atoms with Crippen LogP contribution in [-0.4, -0.2) is 0 Å². The molecule has 1 saturated carbocycles. The van der Waals surface area contributed by atoms with Gasteiger partial charge in [0, 0.05) is 5.70 Å².